The topological polar surface area (TPSA) is 60.5 Å². The Morgan fingerprint density at radius 1 is 1.00 bits per heavy atom. The zero-order valence-electron chi connectivity index (χ0n) is 20.5. The van der Waals surface area contributed by atoms with Crippen LogP contribution in [0, 0.1) is 6.92 Å². The highest BCUT2D eigenvalue weighted by Gasteiger charge is 2.37. The number of morpholine rings is 1. The lowest BCUT2D eigenvalue weighted by Crippen LogP contribution is -2.37. The first-order valence-electron chi connectivity index (χ1n) is 12.1. The van der Waals surface area contributed by atoms with E-state index in [-0.39, 0.29) is 16.7 Å². The van der Waals surface area contributed by atoms with E-state index in [1.54, 1.807) is 0 Å². The highest BCUT2D eigenvalue weighted by molar-refractivity contribution is 5.95. The fraction of sp³-hybridized carbons (Fsp3) is 0.593. The van der Waals surface area contributed by atoms with Crippen LogP contribution in [0.2, 0.25) is 0 Å². The van der Waals surface area contributed by atoms with Gasteiger partial charge in [-0.2, -0.15) is 0 Å². The molecule has 0 saturated carbocycles. The van der Waals surface area contributed by atoms with Crippen LogP contribution in [0.4, 0.5) is 0 Å². The second-order valence-corrected chi connectivity index (χ2v) is 10.9. The number of benzene rings is 1. The molecule has 1 aromatic carbocycles. The minimum atomic E-state index is -0.352. The van der Waals surface area contributed by atoms with E-state index < -0.39 is 0 Å². The maximum Gasteiger partial charge on any atom is 0.250 e. The molecule has 5 heteroatoms. The zero-order valence-corrected chi connectivity index (χ0v) is 20.5. The number of ether oxygens (including phenoxy) is 1. The number of aromatic nitrogens is 1. The van der Waals surface area contributed by atoms with Gasteiger partial charge in [0.2, 0.25) is 0 Å². The van der Waals surface area contributed by atoms with Gasteiger partial charge < -0.3 is 15.0 Å². The molecule has 2 heterocycles. The van der Waals surface area contributed by atoms with Crippen LogP contribution in [0.25, 0.3) is 11.3 Å². The number of fused-ring (bicyclic) bond motifs is 1. The SMILES string of the molecule is Cc1c(C(N)=O)cc(-c2ccc3c(c2)C(C)(C)CCC3(C)C)n1CCCN1CCOCC1. The van der Waals surface area contributed by atoms with E-state index in [9.17, 15) is 4.79 Å². The number of carbonyl (C=O) groups excluding carboxylic acids is 1. The van der Waals surface area contributed by atoms with Crippen molar-refractivity contribution < 1.29 is 9.53 Å². The molecule has 174 valence electrons. The lowest BCUT2D eigenvalue weighted by molar-refractivity contribution is 0.0369. The van der Waals surface area contributed by atoms with Crippen LogP contribution in [0.3, 0.4) is 0 Å². The molecule has 0 atom stereocenters. The van der Waals surface area contributed by atoms with E-state index in [1.807, 2.05) is 13.0 Å². The molecule has 1 saturated heterocycles. The predicted molar refractivity (Wildman–Crippen MR) is 130 cm³/mol. The standard InChI is InChI=1S/C27H39N3O2/c1-19-21(25(28)31)18-24(30(19)12-6-11-29-13-15-32-16-14-29)20-7-8-22-23(17-20)27(4,5)10-9-26(22,2)3/h7-8,17-18H,6,9-16H2,1-5H3,(H2,28,31). The summed E-state index contributed by atoms with van der Waals surface area (Å²) in [4.78, 5) is 14.6. The third-order valence-corrected chi connectivity index (χ3v) is 7.74. The Kier molecular flexibility index (Phi) is 6.25. The Morgan fingerprint density at radius 2 is 1.66 bits per heavy atom. The molecule has 32 heavy (non-hydrogen) atoms. The molecule has 0 radical (unpaired) electrons. The highest BCUT2D eigenvalue weighted by Crippen LogP contribution is 2.47. The van der Waals surface area contributed by atoms with Gasteiger partial charge in [-0.05, 0) is 65.8 Å². The molecule has 1 amide bonds. The molecule has 2 N–H and O–H groups in total. The van der Waals surface area contributed by atoms with E-state index in [1.165, 1.54) is 29.5 Å². The molecule has 2 aromatic rings. The summed E-state index contributed by atoms with van der Waals surface area (Å²) >= 11 is 0. The molecular weight excluding hydrogens is 398 g/mol. The van der Waals surface area contributed by atoms with Crippen molar-refractivity contribution in [3.8, 4) is 11.3 Å². The summed E-state index contributed by atoms with van der Waals surface area (Å²) in [6.07, 6.45) is 3.42. The third-order valence-electron chi connectivity index (χ3n) is 7.74. The van der Waals surface area contributed by atoms with Gasteiger partial charge in [-0.3, -0.25) is 9.69 Å². The number of carbonyl (C=O) groups is 1. The first-order valence-corrected chi connectivity index (χ1v) is 12.1. The van der Waals surface area contributed by atoms with E-state index in [4.69, 9.17) is 10.5 Å². The second-order valence-electron chi connectivity index (χ2n) is 10.9. The maximum absolute atomic E-state index is 12.1. The first kappa shape index (κ1) is 23.1. The summed E-state index contributed by atoms with van der Waals surface area (Å²) in [6, 6.07) is 8.92. The summed E-state index contributed by atoms with van der Waals surface area (Å²) in [7, 11) is 0. The summed E-state index contributed by atoms with van der Waals surface area (Å²) in [5.74, 6) is -0.352. The molecule has 0 spiro atoms. The van der Waals surface area contributed by atoms with Crippen molar-refractivity contribution in [2.75, 3.05) is 32.8 Å². The first-order chi connectivity index (χ1) is 15.1. The van der Waals surface area contributed by atoms with Gasteiger partial charge in [0.15, 0.2) is 0 Å². The molecule has 1 aliphatic heterocycles. The molecule has 1 aromatic heterocycles. The molecule has 5 nitrogen and oxygen atoms in total. The number of rotatable bonds is 6. The minimum Gasteiger partial charge on any atom is -0.379 e. The van der Waals surface area contributed by atoms with Crippen LogP contribution in [-0.4, -0.2) is 48.2 Å². The zero-order chi connectivity index (χ0) is 23.1. The molecule has 0 unspecified atom stereocenters. The highest BCUT2D eigenvalue weighted by atomic mass is 16.5. The normalized spacial score (nSPS) is 20.2. The van der Waals surface area contributed by atoms with Crippen LogP contribution < -0.4 is 5.73 Å². The van der Waals surface area contributed by atoms with Crippen molar-refractivity contribution in [2.24, 2.45) is 5.73 Å². The van der Waals surface area contributed by atoms with Gasteiger partial charge in [-0.1, -0.05) is 39.8 Å². The summed E-state index contributed by atoms with van der Waals surface area (Å²) in [6.45, 7) is 17.0. The smallest absolute Gasteiger partial charge is 0.250 e. The van der Waals surface area contributed by atoms with Crippen molar-refractivity contribution in [2.45, 2.75) is 71.3 Å². The fourth-order valence-corrected chi connectivity index (χ4v) is 5.45. The minimum absolute atomic E-state index is 0.149. The number of amides is 1. The number of nitrogens with two attached hydrogens (primary N) is 1. The van der Waals surface area contributed by atoms with E-state index in [2.05, 4.69) is 55.4 Å². The van der Waals surface area contributed by atoms with Crippen molar-refractivity contribution in [1.29, 1.82) is 0 Å². The fourth-order valence-electron chi connectivity index (χ4n) is 5.45. The van der Waals surface area contributed by atoms with Crippen LogP contribution in [0.5, 0.6) is 0 Å². The summed E-state index contributed by atoms with van der Waals surface area (Å²) < 4.78 is 7.76. The van der Waals surface area contributed by atoms with E-state index >= 15 is 0 Å². The molecule has 1 fully saturated rings. The third kappa shape index (κ3) is 4.38. The lowest BCUT2D eigenvalue weighted by atomic mass is 9.63. The maximum atomic E-state index is 12.1. The second kappa shape index (κ2) is 8.68. The number of hydrogen-bond acceptors (Lipinski definition) is 3. The number of hydrogen-bond donors (Lipinski definition) is 1. The van der Waals surface area contributed by atoms with Crippen molar-refractivity contribution in [3.05, 3.63) is 46.6 Å². The molecule has 0 bridgehead atoms. The monoisotopic (exact) mass is 437 g/mol. The van der Waals surface area contributed by atoms with E-state index in [0.29, 0.717) is 5.56 Å². The molecule has 4 rings (SSSR count). The van der Waals surface area contributed by atoms with E-state index in [0.717, 1.165) is 57.2 Å². The average molecular weight is 438 g/mol. The average Bonchev–Trinajstić information content (AvgIpc) is 3.09. The van der Waals surface area contributed by atoms with Gasteiger partial charge in [-0.25, -0.2) is 0 Å². The van der Waals surface area contributed by atoms with Gasteiger partial charge in [0.05, 0.1) is 18.8 Å². The number of nitrogens with zero attached hydrogens (tertiary/aromatic N) is 2. The van der Waals surface area contributed by atoms with Crippen molar-refractivity contribution >= 4 is 5.91 Å². The Balaban J connectivity index is 1.68. The Morgan fingerprint density at radius 3 is 2.31 bits per heavy atom. The quantitative estimate of drug-likeness (QED) is 0.716. The van der Waals surface area contributed by atoms with Gasteiger partial charge in [0.1, 0.15) is 0 Å². The largest absolute Gasteiger partial charge is 0.379 e. The predicted octanol–water partition coefficient (Wildman–Crippen LogP) is 4.63. The van der Waals surface area contributed by atoms with Crippen molar-refractivity contribution in [3.63, 3.8) is 0 Å². The lowest BCUT2D eigenvalue weighted by Gasteiger charge is -2.42. The Hall–Kier alpha value is -2.11. The van der Waals surface area contributed by atoms with Gasteiger partial charge in [-0.15, -0.1) is 0 Å². The van der Waals surface area contributed by atoms with Crippen molar-refractivity contribution in [1.82, 2.24) is 9.47 Å². The molecule has 1 aliphatic carbocycles. The molecule has 2 aliphatic rings. The van der Waals surface area contributed by atoms with Gasteiger partial charge in [0.25, 0.3) is 5.91 Å². The van der Waals surface area contributed by atoms with Crippen LogP contribution in [-0.2, 0) is 22.1 Å². The van der Waals surface area contributed by atoms with Gasteiger partial charge in [0, 0.05) is 37.6 Å². The summed E-state index contributed by atoms with van der Waals surface area (Å²) in [5, 5.41) is 0. The van der Waals surface area contributed by atoms with Gasteiger partial charge >= 0.3 is 0 Å². The Labute approximate surface area is 192 Å². The number of primary amides is 1. The van der Waals surface area contributed by atoms with Crippen LogP contribution in [0.1, 0.15) is 74.1 Å². The molecular formula is C27H39N3O2. The Bertz CT molecular complexity index is 997. The summed E-state index contributed by atoms with van der Waals surface area (Å²) in [5.41, 5.74) is 12.8. The van der Waals surface area contributed by atoms with Crippen LogP contribution in [0.15, 0.2) is 24.3 Å². The van der Waals surface area contributed by atoms with Crippen LogP contribution >= 0.6 is 0 Å².